The van der Waals surface area contributed by atoms with Crippen molar-refractivity contribution in [3.8, 4) is 5.75 Å². The lowest BCUT2D eigenvalue weighted by Crippen LogP contribution is -2.44. The van der Waals surface area contributed by atoms with Crippen molar-refractivity contribution in [1.82, 2.24) is 9.69 Å². The fourth-order valence-corrected chi connectivity index (χ4v) is 4.61. The number of primary amides is 1. The summed E-state index contributed by atoms with van der Waals surface area (Å²) in [6.45, 7) is 8.36. The summed E-state index contributed by atoms with van der Waals surface area (Å²) >= 11 is 0.779. The van der Waals surface area contributed by atoms with Crippen LogP contribution >= 0.6 is 11.5 Å². The van der Waals surface area contributed by atoms with E-state index < -0.39 is 17.9 Å². The zero-order chi connectivity index (χ0) is 27.3. The van der Waals surface area contributed by atoms with Gasteiger partial charge < -0.3 is 21.5 Å². The first-order valence-corrected chi connectivity index (χ1v) is 12.7. The second-order valence-electron chi connectivity index (χ2n) is 9.25. The third-order valence-corrected chi connectivity index (χ3v) is 6.81. The van der Waals surface area contributed by atoms with E-state index in [1.54, 1.807) is 31.4 Å². The van der Waals surface area contributed by atoms with Gasteiger partial charge in [0, 0.05) is 12.2 Å². The number of ether oxygens (including phenoxy) is 1. The molecule has 196 valence electrons. The zero-order valence-electron chi connectivity index (χ0n) is 21.7. The lowest BCUT2D eigenvalue weighted by Gasteiger charge is -2.32. The van der Waals surface area contributed by atoms with E-state index in [9.17, 15) is 14.4 Å². The number of anilines is 2. The summed E-state index contributed by atoms with van der Waals surface area (Å²) in [4.78, 5) is 41.2. The van der Waals surface area contributed by atoms with Crippen LogP contribution in [0.5, 0.6) is 5.75 Å². The van der Waals surface area contributed by atoms with E-state index in [1.165, 1.54) is 4.90 Å². The molecule has 0 spiro atoms. The average molecular weight is 524 g/mol. The van der Waals surface area contributed by atoms with Crippen molar-refractivity contribution < 1.29 is 19.1 Å². The van der Waals surface area contributed by atoms with E-state index in [1.807, 2.05) is 32.0 Å². The van der Waals surface area contributed by atoms with Crippen molar-refractivity contribution in [3.63, 3.8) is 0 Å². The number of hydrogen-bond acceptors (Lipinski definition) is 7. The van der Waals surface area contributed by atoms with E-state index in [4.69, 9.17) is 16.2 Å². The molecule has 3 amide bonds. The Kier molecular flexibility index (Phi) is 8.88. The second-order valence-corrected chi connectivity index (χ2v) is 10.0. The highest BCUT2D eigenvalue weighted by Gasteiger charge is 2.36. The molecule has 1 atom stereocenters. The van der Waals surface area contributed by atoms with Gasteiger partial charge in [0.1, 0.15) is 16.7 Å². The number of nitrogens with two attached hydrogens (primary N) is 2. The molecular weight excluding hydrogens is 490 g/mol. The van der Waals surface area contributed by atoms with Gasteiger partial charge in [-0.3, -0.25) is 19.3 Å². The number of rotatable bonds is 10. The Morgan fingerprint density at radius 3 is 2.35 bits per heavy atom. The molecule has 0 saturated carbocycles. The van der Waals surface area contributed by atoms with Crippen LogP contribution in [-0.4, -0.2) is 35.7 Å². The lowest BCUT2D eigenvalue weighted by molar-refractivity contribution is -0.122. The van der Waals surface area contributed by atoms with Gasteiger partial charge in [0.2, 0.25) is 5.91 Å². The highest BCUT2D eigenvalue weighted by Crippen LogP contribution is 2.35. The normalized spacial score (nSPS) is 11.7. The highest BCUT2D eigenvalue weighted by molar-refractivity contribution is 7.09. The number of carbonyl (C=O) groups excluding carboxylic acids is 3. The largest absolute Gasteiger partial charge is 0.497 e. The van der Waals surface area contributed by atoms with Crippen LogP contribution in [0, 0.1) is 19.8 Å². The monoisotopic (exact) mass is 523 g/mol. The van der Waals surface area contributed by atoms with E-state index in [0.717, 1.165) is 29.1 Å². The predicted octanol–water partition coefficient (Wildman–Crippen LogP) is 4.00. The maximum atomic E-state index is 14.1. The average Bonchev–Trinajstić information content (AvgIpc) is 3.25. The molecular formula is C27H33N5O4S. The van der Waals surface area contributed by atoms with Crippen molar-refractivity contribution in [1.29, 1.82) is 0 Å². The van der Waals surface area contributed by atoms with Crippen molar-refractivity contribution >= 4 is 40.6 Å². The summed E-state index contributed by atoms with van der Waals surface area (Å²) in [5.74, 6) is -0.732. The van der Waals surface area contributed by atoms with Crippen LogP contribution in [0.25, 0.3) is 0 Å². The summed E-state index contributed by atoms with van der Waals surface area (Å²) in [6.07, 6.45) is 0.780. The van der Waals surface area contributed by atoms with E-state index >= 15 is 0 Å². The van der Waals surface area contributed by atoms with Crippen LogP contribution in [0.15, 0.2) is 42.5 Å². The van der Waals surface area contributed by atoms with Crippen molar-refractivity contribution in [2.24, 2.45) is 11.7 Å². The Hall–Kier alpha value is -3.92. The molecule has 0 fully saturated rings. The van der Waals surface area contributed by atoms with Gasteiger partial charge in [0.25, 0.3) is 11.8 Å². The molecule has 37 heavy (non-hydrogen) atoms. The van der Waals surface area contributed by atoms with Gasteiger partial charge in [-0.05, 0) is 72.6 Å². The summed E-state index contributed by atoms with van der Waals surface area (Å²) in [5.41, 5.74) is 14.1. The first-order chi connectivity index (χ1) is 17.5. The summed E-state index contributed by atoms with van der Waals surface area (Å²) in [6, 6.07) is 11.6. The third-order valence-electron chi connectivity index (χ3n) is 5.96. The minimum Gasteiger partial charge on any atom is -0.497 e. The maximum absolute atomic E-state index is 14.1. The zero-order valence-corrected chi connectivity index (χ0v) is 22.5. The standard InChI is InChI=1S/C27H33N5O4S/c1-15(2)12-13-30-26(34)23(18-8-10-19(36-5)11-9-18)32(20-14-16(3)6-7-17(20)4)27(35)24-21(28)22(25(29)33)31-37-24/h6-11,14-15,23H,12-13,28H2,1-5H3,(H2,29,33)(H,30,34)/t23-/m1/s1. The molecule has 3 aromatic rings. The number of amides is 3. The molecule has 0 aliphatic heterocycles. The van der Waals surface area contributed by atoms with Gasteiger partial charge in [-0.25, -0.2) is 0 Å². The SMILES string of the molecule is COc1ccc([C@H](C(=O)NCCC(C)C)N(C(=O)c2snc(C(N)=O)c2N)c2cc(C)ccc2C)cc1. The number of benzene rings is 2. The first kappa shape index (κ1) is 27.7. The number of aryl methyl sites for hydroxylation is 2. The molecule has 3 rings (SSSR count). The molecule has 2 aromatic carbocycles. The van der Waals surface area contributed by atoms with Crippen molar-refractivity contribution in [2.75, 3.05) is 24.3 Å². The summed E-state index contributed by atoms with van der Waals surface area (Å²) in [7, 11) is 1.56. The number of nitrogens with one attached hydrogen (secondary N) is 1. The van der Waals surface area contributed by atoms with Gasteiger partial charge >= 0.3 is 0 Å². The molecule has 0 saturated heterocycles. The van der Waals surface area contributed by atoms with Gasteiger partial charge in [-0.1, -0.05) is 38.1 Å². The Bertz CT molecular complexity index is 1290. The Morgan fingerprint density at radius 2 is 1.78 bits per heavy atom. The minimum atomic E-state index is -1.04. The molecule has 0 aliphatic carbocycles. The first-order valence-electron chi connectivity index (χ1n) is 11.9. The molecule has 0 radical (unpaired) electrons. The van der Waals surface area contributed by atoms with Crippen LogP contribution in [0.2, 0.25) is 0 Å². The summed E-state index contributed by atoms with van der Waals surface area (Å²) in [5, 5.41) is 2.99. The number of carbonyl (C=O) groups is 3. The Balaban J connectivity index is 2.21. The topological polar surface area (TPSA) is 141 Å². The predicted molar refractivity (Wildman–Crippen MR) is 146 cm³/mol. The van der Waals surface area contributed by atoms with Gasteiger partial charge in [-0.15, -0.1) is 0 Å². The van der Waals surface area contributed by atoms with Crippen LogP contribution < -0.4 is 26.4 Å². The molecule has 10 heteroatoms. The Morgan fingerprint density at radius 1 is 1.11 bits per heavy atom. The number of methoxy groups -OCH3 is 1. The molecule has 0 aliphatic rings. The molecule has 1 aromatic heterocycles. The molecule has 1 heterocycles. The quantitative estimate of drug-likeness (QED) is 0.367. The Labute approximate surface area is 221 Å². The van der Waals surface area contributed by atoms with Crippen LogP contribution in [0.4, 0.5) is 11.4 Å². The van der Waals surface area contributed by atoms with E-state index in [2.05, 4.69) is 23.5 Å². The maximum Gasteiger partial charge on any atom is 0.273 e. The van der Waals surface area contributed by atoms with Crippen LogP contribution in [-0.2, 0) is 4.79 Å². The fraction of sp³-hybridized carbons (Fsp3) is 0.333. The second kappa shape index (κ2) is 11.9. The highest BCUT2D eigenvalue weighted by atomic mass is 32.1. The molecule has 5 N–H and O–H groups in total. The third kappa shape index (κ3) is 6.26. The number of nitrogen functional groups attached to an aromatic ring is 1. The van der Waals surface area contributed by atoms with Crippen molar-refractivity contribution in [2.45, 2.75) is 40.2 Å². The van der Waals surface area contributed by atoms with Gasteiger partial charge in [0.15, 0.2) is 5.69 Å². The number of nitrogens with zero attached hydrogens (tertiary/aromatic N) is 2. The minimum absolute atomic E-state index is 0.0307. The summed E-state index contributed by atoms with van der Waals surface area (Å²) < 4.78 is 9.29. The fourth-order valence-electron chi connectivity index (χ4n) is 3.87. The number of aromatic nitrogens is 1. The number of hydrogen-bond donors (Lipinski definition) is 3. The smallest absolute Gasteiger partial charge is 0.273 e. The lowest BCUT2D eigenvalue weighted by atomic mass is 10.00. The van der Waals surface area contributed by atoms with Gasteiger partial charge in [-0.2, -0.15) is 4.37 Å². The van der Waals surface area contributed by atoms with Crippen LogP contribution in [0.3, 0.4) is 0 Å². The molecule has 9 nitrogen and oxygen atoms in total. The van der Waals surface area contributed by atoms with Gasteiger partial charge in [0.05, 0.1) is 12.8 Å². The van der Waals surface area contributed by atoms with E-state index in [-0.39, 0.29) is 22.2 Å². The van der Waals surface area contributed by atoms with Crippen LogP contribution in [0.1, 0.15) is 63.2 Å². The van der Waals surface area contributed by atoms with Crippen molar-refractivity contribution in [3.05, 3.63) is 69.7 Å². The van der Waals surface area contributed by atoms with E-state index in [0.29, 0.717) is 29.5 Å². The molecule has 0 bridgehead atoms. The molecule has 0 unspecified atom stereocenters.